The number of hydrogen-bond donors (Lipinski definition) is 2. The second-order valence-electron chi connectivity index (χ2n) is 8.46. The third-order valence-corrected chi connectivity index (χ3v) is 6.12. The Morgan fingerprint density at radius 2 is 1.77 bits per heavy atom. The molecule has 0 aliphatic carbocycles. The first-order chi connectivity index (χ1) is 16.9. The van der Waals surface area contributed by atoms with Crippen LogP contribution in [0.3, 0.4) is 0 Å². The molecule has 35 heavy (non-hydrogen) atoms. The van der Waals surface area contributed by atoms with Crippen LogP contribution in [0.15, 0.2) is 48.5 Å². The van der Waals surface area contributed by atoms with E-state index >= 15 is 0 Å². The summed E-state index contributed by atoms with van der Waals surface area (Å²) in [6, 6.07) is 11.5. The van der Waals surface area contributed by atoms with Crippen LogP contribution in [0, 0.1) is 11.7 Å². The van der Waals surface area contributed by atoms with Gasteiger partial charge in [0.05, 0.1) is 7.11 Å². The molecule has 2 aromatic rings. The molecule has 3 rings (SSSR count). The summed E-state index contributed by atoms with van der Waals surface area (Å²) in [6.07, 6.45) is 1.71. The number of halogens is 1. The quantitative estimate of drug-likeness (QED) is 0.505. The maximum absolute atomic E-state index is 13.5. The van der Waals surface area contributed by atoms with E-state index in [4.69, 9.17) is 9.47 Å². The standard InChI is InChI=1S/C26H32FN3O5/c1-34-16-4-13-28-25(32)23(29-24(31)19-7-9-22(35-2)10-8-19)18-11-14-30(15-12-18)26(33)20-5-3-6-21(27)17-20/h3,5-10,17-18,23H,4,11-16H2,1-2H3,(H,28,32)(H,29,31)/t23-/m0/s1. The molecule has 1 saturated heterocycles. The fourth-order valence-electron chi connectivity index (χ4n) is 4.14. The highest BCUT2D eigenvalue weighted by molar-refractivity contribution is 5.98. The zero-order valence-electron chi connectivity index (χ0n) is 20.1. The Morgan fingerprint density at radius 3 is 2.40 bits per heavy atom. The molecule has 1 fully saturated rings. The van der Waals surface area contributed by atoms with E-state index in [-0.39, 0.29) is 23.6 Å². The lowest BCUT2D eigenvalue weighted by Gasteiger charge is -2.36. The van der Waals surface area contributed by atoms with Crippen LogP contribution in [0.25, 0.3) is 0 Å². The summed E-state index contributed by atoms with van der Waals surface area (Å²) < 4.78 is 23.7. The summed E-state index contributed by atoms with van der Waals surface area (Å²) in [5, 5.41) is 5.77. The molecule has 2 aromatic carbocycles. The lowest BCUT2D eigenvalue weighted by atomic mass is 9.88. The number of amides is 3. The van der Waals surface area contributed by atoms with Gasteiger partial charge in [-0.2, -0.15) is 0 Å². The van der Waals surface area contributed by atoms with Crippen LogP contribution >= 0.6 is 0 Å². The van der Waals surface area contributed by atoms with Crippen LogP contribution in [-0.4, -0.2) is 69.1 Å². The van der Waals surface area contributed by atoms with Crippen LogP contribution in [0.2, 0.25) is 0 Å². The zero-order valence-corrected chi connectivity index (χ0v) is 20.1. The topological polar surface area (TPSA) is 97.0 Å². The minimum atomic E-state index is -0.751. The molecule has 9 heteroatoms. The van der Waals surface area contributed by atoms with Gasteiger partial charge in [-0.25, -0.2) is 4.39 Å². The van der Waals surface area contributed by atoms with Gasteiger partial charge in [-0.1, -0.05) is 6.07 Å². The summed E-state index contributed by atoms with van der Waals surface area (Å²) in [4.78, 5) is 40.4. The van der Waals surface area contributed by atoms with Crippen molar-refractivity contribution < 1.29 is 28.2 Å². The molecule has 0 aromatic heterocycles. The molecule has 1 aliphatic rings. The molecule has 1 atom stereocenters. The highest BCUT2D eigenvalue weighted by Crippen LogP contribution is 2.23. The van der Waals surface area contributed by atoms with Crippen molar-refractivity contribution in [2.45, 2.75) is 25.3 Å². The van der Waals surface area contributed by atoms with E-state index in [9.17, 15) is 18.8 Å². The number of benzene rings is 2. The van der Waals surface area contributed by atoms with E-state index in [1.54, 1.807) is 49.5 Å². The minimum absolute atomic E-state index is 0.156. The highest BCUT2D eigenvalue weighted by Gasteiger charge is 2.34. The highest BCUT2D eigenvalue weighted by atomic mass is 19.1. The van der Waals surface area contributed by atoms with Crippen LogP contribution in [-0.2, 0) is 9.53 Å². The van der Waals surface area contributed by atoms with Crippen molar-refractivity contribution in [3.8, 4) is 5.75 Å². The first-order valence-electron chi connectivity index (χ1n) is 11.7. The van der Waals surface area contributed by atoms with E-state index in [1.807, 2.05) is 0 Å². The number of rotatable bonds is 10. The second kappa shape index (κ2) is 12.9. The average Bonchev–Trinajstić information content (AvgIpc) is 2.89. The Hall–Kier alpha value is -3.46. The van der Waals surface area contributed by atoms with Gasteiger partial charge in [0.15, 0.2) is 0 Å². The van der Waals surface area contributed by atoms with E-state index in [2.05, 4.69) is 10.6 Å². The van der Waals surface area contributed by atoms with Crippen molar-refractivity contribution in [3.63, 3.8) is 0 Å². The van der Waals surface area contributed by atoms with Gasteiger partial charge >= 0.3 is 0 Å². The third-order valence-electron chi connectivity index (χ3n) is 6.12. The smallest absolute Gasteiger partial charge is 0.253 e. The molecule has 8 nitrogen and oxygen atoms in total. The Morgan fingerprint density at radius 1 is 1.06 bits per heavy atom. The second-order valence-corrected chi connectivity index (χ2v) is 8.46. The number of nitrogens with zero attached hydrogens (tertiary/aromatic N) is 1. The number of carbonyl (C=O) groups excluding carboxylic acids is 3. The summed E-state index contributed by atoms with van der Waals surface area (Å²) in [5.41, 5.74) is 0.713. The largest absolute Gasteiger partial charge is 0.497 e. The van der Waals surface area contributed by atoms with Gasteiger partial charge in [0, 0.05) is 44.5 Å². The number of piperidine rings is 1. The molecule has 3 amide bonds. The van der Waals surface area contributed by atoms with Crippen molar-refractivity contribution in [1.82, 2.24) is 15.5 Å². The Balaban J connectivity index is 1.66. The van der Waals surface area contributed by atoms with Gasteiger partial charge in [0.2, 0.25) is 5.91 Å². The van der Waals surface area contributed by atoms with Gasteiger partial charge in [-0.05, 0) is 67.6 Å². The summed E-state index contributed by atoms with van der Waals surface area (Å²) in [7, 11) is 3.14. The maximum Gasteiger partial charge on any atom is 0.253 e. The van der Waals surface area contributed by atoms with Crippen molar-refractivity contribution in [2.24, 2.45) is 5.92 Å². The number of carbonyl (C=O) groups is 3. The number of hydrogen-bond acceptors (Lipinski definition) is 5. The molecule has 2 N–H and O–H groups in total. The zero-order chi connectivity index (χ0) is 25.2. The van der Waals surface area contributed by atoms with Gasteiger partial charge in [0.1, 0.15) is 17.6 Å². The molecule has 0 bridgehead atoms. The number of methoxy groups -OCH3 is 2. The monoisotopic (exact) mass is 485 g/mol. The fraction of sp³-hybridized carbons (Fsp3) is 0.423. The van der Waals surface area contributed by atoms with Gasteiger partial charge in [-0.15, -0.1) is 0 Å². The van der Waals surface area contributed by atoms with Crippen LogP contribution in [0.1, 0.15) is 40.0 Å². The summed E-state index contributed by atoms with van der Waals surface area (Å²) in [6.45, 7) is 1.76. The van der Waals surface area contributed by atoms with Gasteiger partial charge < -0.3 is 25.0 Å². The molecule has 0 radical (unpaired) electrons. The summed E-state index contributed by atoms with van der Waals surface area (Å²) in [5.74, 6) is -0.857. The first kappa shape index (κ1) is 26.2. The molecular formula is C26H32FN3O5. The third kappa shape index (κ3) is 7.26. The van der Waals surface area contributed by atoms with Crippen LogP contribution < -0.4 is 15.4 Å². The minimum Gasteiger partial charge on any atom is -0.497 e. The lowest BCUT2D eigenvalue weighted by Crippen LogP contribution is -2.54. The molecule has 1 aliphatic heterocycles. The predicted molar refractivity (Wildman–Crippen MR) is 129 cm³/mol. The Bertz CT molecular complexity index is 1010. The Labute approximate surface area is 204 Å². The molecule has 1 heterocycles. The van der Waals surface area contributed by atoms with E-state index in [0.717, 1.165) is 0 Å². The molecule has 0 spiro atoms. The molecule has 188 valence electrons. The number of ether oxygens (including phenoxy) is 2. The number of likely N-dealkylation sites (tertiary alicyclic amines) is 1. The van der Waals surface area contributed by atoms with Crippen molar-refractivity contribution >= 4 is 17.7 Å². The van der Waals surface area contributed by atoms with Crippen LogP contribution in [0.4, 0.5) is 4.39 Å². The van der Waals surface area contributed by atoms with Gasteiger partial charge in [0.25, 0.3) is 11.8 Å². The fourth-order valence-corrected chi connectivity index (χ4v) is 4.14. The normalized spacial score (nSPS) is 14.8. The van der Waals surface area contributed by atoms with Crippen molar-refractivity contribution in [2.75, 3.05) is 40.5 Å². The van der Waals surface area contributed by atoms with Crippen molar-refractivity contribution in [1.29, 1.82) is 0 Å². The predicted octanol–water partition coefficient (Wildman–Crippen LogP) is 2.64. The molecular weight excluding hydrogens is 453 g/mol. The van der Waals surface area contributed by atoms with E-state index < -0.39 is 11.9 Å². The maximum atomic E-state index is 13.5. The SMILES string of the molecule is COCCCNC(=O)[C@@H](NC(=O)c1ccc(OC)cc1)C1CCN(C(=O)c2cccc(F)c2)CC1. The summed E-state index contributed by atoms with van der Waals surface area (Å²) >= 11 is 0. The van der Waals surface area contributed by atoms with E-state index in [0.29, 0.717) is 62.4 Å². The van der Waals surface area contributed by atoms with E-state index in [1.165, 1.54) is 18.2 Å². The first-order valence-corrected chi connectivity index (χ1v) is 11.7. The lowest BCUT2D eigenvalue weighted by molar-refractivity contribution is -0.124. The Kier molecular flexibility index (Phi) is 9.60. The van der Waals surface area contributed by atoms with Crippen molar-refractivity contribution in [3.05, 3.63) is 65.5 Å². The average molecular weight is 486 g/mol. The molecule has 0 unspecified atom stereocenters. The number of nitrogens with one attached hydrogen (secondary N) is 2. The molecule has 0 saturated carbocycles. The van der Waals surface area contributed by atoms with Crippen LogP contribution in [0.5, 0.6) is 5.75 Å². The van der Waals surface area contributed by atoms with Gasteiger partial charge in [-0.3, -0.25) is 14.4 Å².